The Hall–Kier alpha value is -2.30. The number of carbonyl (C=O) groups excluding carboxylic acids is 1. The van der Waals surface area contributed by atoms with Gasteiger partial charge in [-0.2, -0.15) is 5.10 Å². The van der Waals surface area contributed by atoms with E-state index in [1.807, 2.05) is 48.0 Å². The summed E-state index contributed by atoms with van der Waals surface area (Å²) in [6, 6.07) is 11.5. The zero-order valence-corrected chi connectivity index (χ0v) is 12.2. The molecule has 2 amide bonds. The summed E-state index contributed by atoms with van der Waals surface area (Å²) in [5.74, 6) is 0.771. The lowest BCUT2D eigenvalue weighted by Gasteiger charge is -2.15. The van der Waals surface area contributed by atoms with Gasteiger partial charge in [-0.3, -0.25) is 5.32 Å². The van der Waals surface area contributed by atoms with E-state index in [1.54, 1.807) is 0 Å². The lowest BCUT2D eigenvalue weighted by Crippen LogP contribution is -2.22. The zero-order chi connectivity index (χ0) is 14.7. The van der Waals surface area contributed by atoms with Gasteiger partial charge in [0.1, 0.15) is 5.82 Å². The molecule has 110 valence electrons. The maximum absolute atomic E-state index is 12.1. The zero-order valence-electron chi connectivity index (χ0n) is 12.2. The first-order chi connectivity index (χ1) is 10.2. The van der Waals surface area contributed by atoms with Gasteiger partial charge in [-0.15, -0.1) is 0 Å². The molecule has 0 atom stereocenters. The van der Waals surface area contributed by atoms with Crippen LogP contribution in [0, 0.1) is 6.92 Å². The van der Waals surface area contributed by atoms with Crippen molar-refractivity contribution in [1.29, 1.82) is 0 Å². The molecule has 1 aliphatic rings. The Morgan fingerprint density at radius 1 is 1.19 bits per heavy atom. The molecule has 0 spiro atoms. The molecule has 1 aromatic heterocycles. The fraction of sp³-hybridized carbons (Fsp3) is 0.375. The average Bonchev–Trinajstić information content (AvgIpc) is 3.09. The van der Waals surface area contributed by atoms with Crippen molar-refractivity contribution in [2.75, 3.05) is 10.6 Å². The van der Waals surface area contributed by atoms with Crippen LogP contribution in [-0.4, -0.2) is 15.8 Å². The number of amides is 2. The molecule has 1 saturated carbocycles. The van der Waals surface area contributed by atoms with Crippen molar-refractivity contribution in [3.63, 3.8) is 0 Å². The van der Waals surface area contributed by atoms with E-state index in [9.17, 15) is 4.79 Å². The van der Waals surface area contributed by atoms with E-state index in [2.05, 4.69) is 15.7 Å². The number of para-hydroxylation sites is 1. The molecule has 1 heterocycles. The number of nitrogens with zero attached hydrogens (tertiary/aromatic N) is 2. The van der Waals surface area contributed by atoms with Crippen LogP contribution in [0.2, 0.25) is 0 Å². The van der Waals surface area contributed by atoms with Crippen molar-refractivity contribution in [3.05, 3.63) is 42.1 Å². The number of aromatic nitrogens is 2. The summed E-state index contributed by atoms with van der Waals surface area (Å²) in [5, 5.41) is 10.3. The van der Waals surface area contributed by atoms with Crippen molar-refractivity contribution in [2.45, 2.75) is 38.6 Å². The maximum atomic E-state index is 12.1. The molecule has 5 heteroatoms. The molecule has 1 aromatic carbocycles. The van der Waals surface area contributed by atoms with Gasteiger partial charge in [0.05, 0.1) is 11.7 Å². The van der Waals surface area contributed by atoms with Crippen molar-refractivity contribution < 1.29 is 4.79 Å². The van der Waals surface area contributed by atoms with E-state index in [0.717, 1.165) is 30.0 Å². The Labute approximate surface area is 124 Å². The molecule has 1 fully saturated rings. The Morgan fingerprint density at radius 2 is 1.90 bits per heavy atom. The van der Waals surface area contributed by atoms with Gasteiger partial charge in [-0.05, 0) is 31.9 Å². The Morgan fingerprint density at radius 3 is 2.62 bits per heavy atom. The summed E-state index contributed by atoms with van der Waals surface area (Å²) in [5.41, 5.74) is 1.70. The Balaban J connectivity index is 1.71. The second-order valence-electron chi connectivity index (χ2n) is 5.50. The van der Waals surface area contributed by atoms with Crippen molar-refractivity contribution >= 4 is 17.5 Å². The third-order valence-corrected chi connectivity index (χ3v) is 3.80. The maximum Gasteiger partial charge on any atom is 0.324 e. The number of hydrogen-bond acceptors (Lipinski definition) is 2. The van der Waals surface area contributed by atoms with Crippen LogP contribution >= 0.6 is 0 Å². The number of anilines is 2. The number of hydrogen-bond donors (Lipinski definition) is 2. The van der Waals surface area contributed by atoms with Crippen LogP contribution in [0.1, 0.15) is 37.4 Å². The fourth-order valence-electron chi connectivity index (χ4n) is 2.84. The number of urea groups is 1. The molecular formula is C16H20N4O. The minimum Gasteiger partial charge on any atom is -0.308 e. The second kappa shape index (κ2) is 5.99. The van der Waals surface area contributed by atoms with Gasteiger partial charge in [0, 0.05) is 11.8 Å². The molecule has 2 N–H and O–H groups in total. The van der Waals surface area contributed by atoms with Crippen molar-refractivity contribution in [1.82, 2.24) is 9.78 Å². The predicted octanol–water partition coefficient (Wildman–Crippen LogP) is 3.95. The molecule has 21 heavy (non-hydrogen) atoms. The monoisotopic (exact) mass is 284 g/mol. The molecule has 0 radical (unpaired) electrons. The van der Waals surface area contributed by atoms with Crippen LogP contribution in [0.3, 0.4) is 0 Å². The number of rotatable bonds is 3. The van der Waals surface area contributed by atoms with Crippen molar-refractivity contribution in [3.8, 4) is 0 Å². The molecule has 3 rings (SSSR count). The Bertz CT molecular complexity index is 614. The Kier molecular flexibility index (Phi) is 3.90. The van der Waals surface area contributed by atoms with E-state index < -0.39 is 0 Å². The van der Waals surface area contributed by atoms with E-state index >= 15 is 0 Å². The summed E-state index contributed by atoms with van der Waals surface area (Å²) in [7, 11) is 0. The smallest absolute Gasteiger partial charge is 0.308 e. The van der Waals surface area contributed by atoms with Gasteiger partial charge >= 0.3 is 6.03 Å². The topological polar surface area (TPSA) is 59.0 Å². The highest BCUT2D eigenvalue weighted by Gasteiger charge is 2.21. The number of nitrogens with one attached hydrogen (secondary N) is 2. The second-order valence-corrected chi connectivity index (χ2v) is 5.50. The molecule has 0 aliphatic heterocycles. The van der Waals surface area contributed by atoms with Gasteiger partial charge in [0.2, 0.25) is 0 Å². The summed E-state index contributed by atoms with van der Waals surface area (Å²) in [6.07, 6.45) is 4.74. The van der Waals surface area contributed by atoms with E-state index in [1.165, 1.54) is 12.8 Å². The van der Waals surface area contributed by atoms with Gasteiger partial charge in [-0.25, -0.2) is 9.48 Å². The standard InChI is InChI=1S/C16H20N4O/c1-12-11-15(20(19-12)14-9-5-6-10-14)18-16(21)17-13-7-3-2-4-8-13/h2-4,7-8,11,14H,5-6,9-10H2,1H3,(H2,17,18,21). The average molecular weight is 284 g/mol. The van der Waals surface area contributed by atoms with Crippen LogP contribution in [-0.2, 0) is 0 Å². The first kappa shape index (κ1) is 13.7. The lowest BCUT2D eigenvalue weighted by atomic mass is 10.2. The van der Waals surface area contributed by atoms with E-state index in [0.29, 0.717) is 6.04 Å². The third-order valence-electron chi connectivity index (χ3n) is 3.80. The van der Waals surface area contributed by atoms with Gasteiger partial charge < -0.3 is 5.32 Å². The first-order valence-corrected chi connectivity index (χ1v) is 7.41. The predicted molar refractivity (Wildman–Crippen MR) is 83.6 cm³/mol. The fourth-order valence-corrected chi connectivity index (χ4v) is 2.84. The van der Waals surface area contributed by atoms with Gasteiger partial charge in [0.25, 0.3) is 0 Å². The van der Waals surface area contributed by atoms with Crippen molar-refractivity contribution in [2.24, 2.45) is 0 Å². The number of carbonyl (C=O) groups is 1. The minimum atomic E-state index is -0.236. The third kappa shape index (κ3) is 3.24. The number of benzene rings is 1. The summed E-state index contributed by atoms with van der Waals surface area (Å²) >= 11 is 0. The van der Waals surface area contributed by atoms with Gasteiger partial charge in [0.15, 0.2) is 0 Å². The van der Waals surface area contributed by atoms with Crippen LogP contribution in [0.25, 0.3) is 0 Å². The van der Waals surface area contributed by atoms with E-state index in [4.69, 9.17) is 0 Å². The van der Waals surface area contributed by atoms with Crippen LogP contribution in [0.5, 0.6) is 0 Å². The highest BCUT2D eigenvalue weighted by molar-refractivity contribution is 5.99. The molecule has 0 unspecified atom stereocenters. The van der Waals surface area contributed by atoms with Crippen LogP contribution < -0.4 is 10.6 Å². The summed E-state index contributed by atoms with van der Waals surface area (Å²) in [6.45, 7) is 1.95. The quantitative estimate of drug-likeness (QED) is 0.896. The van der Waals surface area contributed by atoms with Gasteiger partial charge in [-0.1, -0.05) is 31.0 Å². The molecule has 0 bridgehead atoms. The molecular weight excluding hydrogens is 264 g/mol. The SMILES string of the molecule is Cc1cc(NC(=O)Nc2ccccc2)n(C2CCCC2)n1. The molecule has 0 saturated heterocycles. The summed E-state index contributed by atoms with van der Waals surface area (Å²) in [4.78, 5) is 12.1. The minimum absolute atomic E-state index is 0.236. The first-order valence-electron chi connectivity index (χ1n) is 7.41. The summed E-state index contributed by atoms with van der Waals surface area (Å²) < 4.78 is 1.97. The number of aryl methyl sites for hydroxylation is 1. The normalized spacial score (nSPS) is 15.1. The molecule has 2 aromatic rings. The van der Waals surface area contributed by atoms with Crippen LogP contribution in [0.4, 0.5) is 16.3 Å². The van der Waals surface area contributed by atoms with E-state index in [-0.39, 0.29) is 6.03 Å². The highest BCUT2D eigenvalue weighted by atomic mass is 16.2. The lowest BCUT2D eigenvalue weighted by molar-refractivity contribution is 0.262. The van der Waals surface area contributed by atoms with Crippen LogP contribution in [0.15, 0.2) is 36.4 Å². The molecule has 1 aliphatic carbocycles. The highest BCUT2D eigenvalue weighted by Crippen LogP contribution is 2.31. The molecule has 5 nitrogen and oxygen atoms in total. The largest absolute Gasteiger partial charge is 0.324 e.